The van der Waals surface area contributed by atoms with Crippen molar-refractivity contribution in [3.05, 3.63) is 58.3 Å². The molecule has 1 aromatic heterocycles. The Morgan fingerprint density at radius 2 is 2.04 bits per heavy atom. The van der Waals surface area contributed by atoms with Gasteiger partial charge in [-0.15, -0.1) is 11.3 Å². The molecule has 2 unspecified atom stereocenters. The van der Waals surface area contributed by atoms with Gasteiger partial charge in [-0.25, -0.2) is 0 Å². The van der Waals surface area contributed by atoms with Gasteiger partial charge in [0.25, 0.3) is 5.91 Å². The number of carbonyl (C=O) groups excluding carboxylic acids is 2. The summed E-state index contributed by atoms with van der Waals surface area (Å²) in [5, 5.41) is 4.78. The summed E-state index contributed by atoms with van der Waals surface area (Å²) in [5.41, 5.74) is 6.76. The lowest BCUT2D eigenvalue weighted by molar-refractivity contribution is -0.132. The maximum Gasteiger partial charge on any atom is 0.262 e. The van der Waals surface area contributed by atoms with Crippen molar-refractivity contribution in [2.45, 2.75) is 18.9 Å². The third kappa shape index (κ3) is 4.46. The highest BCUT2D eigenvalue weighted by atomic mass is 32.1. The molecular formula is C19H23N3O2S. The van der Waals surface area contributed by atoms with Gasteiger partial charge in [-0.1, -0.05) is 36.4 Å². The normalized spacial score (nSPS) is 18.1. The van der Waals surface area contributed by atoms with Crippen molar-refractivity contribution >= 4 is 23.2 Å². The summed E-state index contributed by atoms with van der Waals surface area (Å²) in [4.78, 5) is 27.9. The van der Waals surface area contributed by atoms with Crippen LogP contribution in [0.5, 0.6) is 0 Å². The standard InChI is InChI=1S/C19H23N3O2S/c20-12-15-8-9-22(13-15)19(24)16(11-14-5-2-1-3-6-14)21-18(23)17-7-4-10-25-17/h1-7,10,15-16H,8-9,11-13,20H2,(H,21,23). The summed E-state index contributed by atoms with van der Waals surface area (Å²) >= 11 is 1.37. The van der Waals surface area contributed by atoms with Crippen LogP contribution in [0.3, 0.4) is 0 Å². The molecule has 1 fully saturated rings. The van der Waals surface area contributed by atoms with Gasteiger partial charge in [0.15, 0.2) is 0 Å². The van der Waals surface area contributed by atoms with E-state index in [4.69, 9.17) is 5.73 Å². The quantitative estimate of drug-likeness (QED) is 0.829. The van der Waals surface area contributed by atoms with Crippen LogP contribution < -0.4 is 11.1 Å². The van der Waals surface area contributed by atoms with Crippen molar-refractivity contribution in [2.24, 2.45) is 11.7 Å². The number of hydrogen-bond donors (Lipinski definition) is 2. The molecule has 3 rings (SSSR count). The van der Waals surface area contributed by atoms with Crippen LogP contribution in [-0.4, -0.2) is 42.4 Å². The first-order valence-corrected chi connectivity index (χ1v) is 9.42. The number of nitrogens with one attached hydrogen (secondary N) is 1. The van der Waals surface area contributed by atoms with Crippen LogP contribution in [0.15, 0.2) is 47.8 Å². The average Bonchev–Trinajstić information content (AvgIpc) is 3.33. The lowest BCUT2D eigenvalue weighted by Crippen LogP contribution is -2.49. The number of nitrogens with zero attached hydrogens (tertiary/aromatic N) is 1. The number of amides is 2. The van der Waals surface area contributed by atoms with Crippen LogP contribution in [0, 0.1) is 5.92 Å². The number of nitrogens with two attached hydrogens (primary N) is 1. The molecule has 2 heterocycles. The highest BCUT2D eigenvalue weighted by Gasteiger charge is 2.31. The Kier molecular flexibility index (Phi) is 5.83. The van der Waals surface area contributed by atoms with Gasteiger partial charge >= 0.3 is 0 Å². The van der Waals surface area contributed by atoms with Crippen molar-refractivity contribution in [1.29, 1.82) is 0 Å². The van der Waals surface area contributed by atoms with Crippen LogP contribution in [0.4, 0.5) is 0 Å². The van der Waals surface area contributed by atoms with Gasteiger partial charge < -0.3 is 16.0 Å². The van der Waals surface area contributed by atoms with E-state index in [-0.39, 0.29) is 11.8 Å². The number of hydrogen-bond acceptors (Lipinski definition) is 4. The lowest BCUT2D eigenvalue weighted by Gasteiger charge is -2.24. The number of rotatable bonds is 6. The highest BCUT2D eigenvalue weighted by molar-refractivity contribution is 7.12. The van der Waals surface area contributed by atoms with Crippen LogP contribution in [0.25, 0.3) is 0 Å². The van der Waals surface area contributed by atoms with Gasteiger partial charge in [0, 0.05) is 19.5 Å². The molecule has 0 radical (unpaired) electrons. The summed E-state index contributed by atoms with van der Waals surface area (Å²) < 4.78 is 0. The monoisotopic (exact) mass is 357 g/mol. The maximum atomic E-state index is 13.0. The fourth-order valence-corrected chi connectivity index (χ4v) is 3.76. The Balaban J connectivity index is 1.74. The van der Waals surface area contributed by atoms with E-state index in [0.717, 1.165) is 12.0 Å². The van der Waals surface area contributed by atoms with Crippen LogP contribution in [0.1, 0.15) is 21.7 Å². The molecule has 25 heavy (non-hydrogen) atoms. The largest absolute Gasteiger partial charge is 0.341 e. The first kappa shape index (κ1) is 17.6. The maximum absolute atomic E-state index is 13.0. The fourth-order valence-electron chi connectivity index (χ4n) is 3.13. The van der Waals surface area contributed by atoms with E-state index in [1.807, 2.05) is 46.7 Å². The second-order valence-electron chi connectivity index (χ2n) is 6.37. The minimum absolute atomic E-state index is 0.0234. The molecule has 0 spiro atoms. The molecule has 3 N–H and O–H groups in total. The van der Waals surface area contributed by atoms with E-state index in [9.17, 15) is 9.59 Å². The van der Waals surface area contributed by atoms with E-state index in [1.54, 1.807) is 6.07 Å². The van der Waals surface area contributed by atoms with Gasteiger partial charge in [0.2, 0.25) is 5.91 Å². The van der Waals surface area contributed by atoms with Crippen molar-refractivity contribution in [2.75, 3.05) is 19.6 Å². The second kappa shape index (κ2) is 8.27. The number of likely N-dealkylation sites (tertiary alicyclic amines) is 1. The molecular weight excluding hydrogens is 334 g/mol. The van der Waals surface area contributed by atoms with Crippen molar-refractivity contribution < 1.29 is 9.59 Å². The summed E-state index contributed by atoms with van der Waals surface area (Å²) in [5.74, 6) is 0.137. The summed E-state index contributed by atoms with van der Waals surface area (Å²) in [6.07, 6.45) is 1.42. The zero-order valence-electron chi connectivity index (χ0n) is 14.1. The molecule has 2 amide bonds. The molecule has 2 atom stereocenters. The van der Waals surface area contributed by atoms with Gasteiger partial charge in [-0.3, -0.25) is 9.59 Å². The zero-order valence-corrected chi connectivity index (χ0v) is 14.9. The first-order valence-electron chi connectivity index (χ1n) is 8.54. The third-order valence-electron chi connectivity index (χ3n) is 4.56. The van der Waals surface area contributed by atoms with E-state index in [2.05, 4.69) is 5.32 Å². The molecule has 1 aromatic carbocycles. The minimum Gasteiger partial charge on any atom is -0.341 e. The molecule has 5 nitrogen and oxygen atoms in total. The average molecular weight is 357 g/mol. The molecule has 0 aliphatic carbocycles. The van der Waals surface area contributed by atoms with E-state index >= 15 is 0 Å². The molecule has 1 aliphatic heterocycles. The Morgan fingerprint density at radius 3 is 2.68 bits per heavy atom. The minimum atomic E-state index is -0.562. The number of thiophene rings is 1. The molecule has 1 aliphatic rings. The third-order valence-corrected chi connectivity index (χ3v) is 5.43. The Bertz CT molecular complexity index is 703. The molecule has 2 aromatic rings. The fraction of sp³-hybridized carbons (Fsp3) is 0.368. The predicted molar refractivity (Wildman–Crippen MR) is 99.5 cm³/mol. The zero-order chi connectivity index (χ0) is 17.6. The van der Waals surface area contributed by atoms with E-state index in [0.29, 0.717) is 36.9 Å². The van der Waals surface area contributed by atoms with Crippen molar-refractivity contribution in [1.82, 2.24) is 10.2 Å². The Labute approximate surface area is 151 Å². The molecule has 1 saturated heterocycles. The van der Waals surface area contributed by atoms with Gasteiger partial charge in [-0.2, -0.15) is 0 Å². The lowest BCUT2D eigenvalue weighted by atomic mass is 10.0. The summed E-state index contributed by atoms with van der Waals surface area (Å²) in [6.45, 7) is 1.98. The summed E-state index contributed by atoms with van der Waals surface area (Å²) in [6, 6.07) is 12.8. The highest BCUT2D eigenvalue weighted by Crippen LogP contribution is 2.18. The molecule has 0 bridgehead atoms. The van der Waals surface area contributed by atoms with Gasteiger partial charge in [0.1, 0.15) is 6.04 Å². The summed E-state index contributed by atoms with van der Waals surface area (Å²) in [7, 11) is 0. The number of carbonyl (C=O) groups is 2. The number of benzene rings is 1. The van der Waals surface area contributed by atoms with Crippen molar-refractivity contribution in [3.63, 3.8) is 0 Å². The van der Waals surface area contributed by atoms with E-state index in [1.165, 1.54) is 11.3 Å². The van der Waals surface area contributed by atoms with Gasteiger partial charge in [0.05, 0.1) is 4.88 Å². The van der Waals surface area contributed by atoms with Crippen LogP contribution >= 0.6 is 11.3 Å². The molecule has 6 heteroatoms. The smallest absolute Gasteiger partial charge is 0.262 e. The molecule has 0 saturated carbocycles. The van der Waals surface area contributed by atoms with Gasteiger partial charge in [-0.05, 0) is 35.9 Å². The topological polar surface area (TPSA) is 75.4 Å². The Hall–Kier alpha value is -2.18. The van der Waals surface area contributed by atoms with E-state index < -0.39 is 6.04 Å². The first-order chi connectivity index (χ1) is 12.2. The second-order valence-corrected chi connectivity index (χ2v) is 7.32. The van der Waals surface area contributed by atoms with Crippen LogP contribution in [0.2, 0.25) is 0 Å². The van der Waals surface area contributed by atoms with Crippen molar-refractivity contribution in [3.8, 4) is 0 Å². The predicted octanol–water partition coefficient (Wildman–Crippen LogP) is 1.90. The Morgan fingerprint density at radius 1 is 1.24 bits per heavy atom. The molecule has 132 valence electrons. The SMILES string of the molecule is NCC1CCN(C(=O)C(Cc2ccccc2)NC(=O)c2cccs2)C1. The van der Waals surface area contributed by atoms with Crippen LogP contribution in [-0.2, 0) is 11.2 Å².